The third-order valence-corrected chi connectivity index (χ3v) is 5.16. The highest BCUT2D eigenvalue weighted by Gasteiger charge is 2.09. The standard InChI is InChI=1S/C26H21ClN2O3/c1-31-25-15-19(11-14-24(25)32-17-18-9-12-21(27)13-10-18)16-28-29-26(30)23-8-4-6-20-5-2-3-7-22(20)23/h2-16H,17H2,1H3,(H,29,30)/b28-16+. The predicted molar refractivity (Wildman–Crippen MR) is 128 cm³/mol. The zero-order chi connectivity index (χ0) is 22.3. The maximum absolute atomic E-state index is 12.6. The molecule has 0 spiro atoms. The Morgan fingerprint density at radius 3 is 2.56 bits per heavy atom. The average molecular weight is 445 g/mol. The number of hydrogen-bond donors (Lipinski definition) is 1. The summed E-state index contributed by atoms with van der Waals surface area (Å²) < 4.78 is 11.3. The van der Waals surface area contributed by atoms with Crippen molar-refractivity contribution in [3.05, 3.63) is 107 Å². The molecule has 1 N–H and O–H groups in total. The highest BCUT2D eigenvalue weighted by atomic mass is 35.5. The van der Waals surface area contributed by atoms with Crippen LogP contribution in [0.1, 0.15) is 21.5 Å². The lowest BCUT2D eigenvalue weighted by molar-refractivity contribution is 0.0957. The minimum absolute atomic E-state index is 0.270. The summed E-state index contributed by atoms with van der Waals surface area (Å²) in [6.07, 6.45) is 1.56. The van der Waals surface area contributed by atoms with E-state index in [4.69, 9.17) is 21.1 Å². The van der Waals surface area contributed by atoms with Crippen LogP contribution in [0.25, 0.3) is 10.8 Å². The molecule has 1 amide bonds. The number of hydrogen-bond acceptors (Lipinski definition) is 4. The number of carbonyl (C=O) groups excluding carboxylic acids is 1. The molecule has 0 heterocycles. The highest BCUT2D eigenvalue weighted by molar-refractivity contribution is 6.30. The van der Waals surface area contributed by atoms with Gasteiger partial charge in [-0.3, -0.25) is 4.79 Å². The van der Waals surface area contributed by atoms with Gasteiger partial charge in [0.05, 0.1) is 13.3 Å². The molecular formula is C26H21ClN2O3. The van der Waals surface area contributed by atoms with E-state index >= 15 is 0 Å². The summed E-state index contributed by atoms with van der Waals surface area (Å²) in [5, 5.41) is 6.66. The number of benzene rings is 4. The van der Waals surface area contributed by atoms with Gasteiger partial charge in [-0.25, -0.2) is 5.43 Å². The fourth-order valence-corrected chi connectivity index (χ4v) is 3.40. The van der Waals surface area contributed by atoms with Crippen LogP contribution in [0.15, 0.2) is 90.0 Å². The Balaban J connectivity index is 1.42. The minimum Gasteiger partial charge on any atom is -0.493 e. The summed E-state index contributed by atoms with van der Waals surface area (Å²) in [5.41, 5.74) is 4.92. The molecule has 0 bridgehead atoms. The molecule has 0 fully saturated rings. The number of rotatable bonds is 7. The minimum atomic E-state index is -0.270. The first-order chi connectivity index (χ1) is 15.6. The first-order valence-corrected chi connectivity index (χ1v) is 10.4. The third-order valence-electron chi connectivity index (χ3n) is 4.91. The van der Waals surface area contributed by atoms with Crippen LogP contribution >= 0.6 is 11.6 Å². The summed E-state index contributed by atoms with van der Waals surface area (Å²) >= 11 is 5.92. The van der Waals surface area contributed by atoms with Gasteiger partial charge >= 0.3 is 0 Å². The van der Waals surface area contributed by atoms with E-state index in [1.807, 2.05) is 72.8 Å². The van der Waals surface area contributed by atoms with Gasteiger partial charge in [0.2, 0.25) is 0 Å². The van der Waals surface area contributed by atoms with Gasteiger partial charge < -0.3 is 9.47 Å². The molecule has 0 saturated carbocycles. The maximum atomic E-state index is 12.6. The van der Waals surface area contributed by atoms with Gasteiger partial charge in [-0.2, -0.15) is 5.10 Å². The second-order valence-electron chi connectivity index (χ2n) is 7.05. The monoisotopic (exact) mass is 444 g/mol. The van der Waals surface area contributed by atoms with Crippen molar-refractivity contribution in [2.24, 2.45) is 5.10 Å². The number of amides is 1. The number of nitrogens with zero attached hydrogens (tertiary/aromatic N) is 1. The SMILES string of the molecule is COc1cc(/C=N/NC(=O)c2cccc3ccccc23)ccc1OCc1ccc(Cl)cc1. The molecular weight excluding hydrogens is 424 g/mol. The Labute approximate surface area is 191 Å². The van der Waals surface area contributed by atoms with Crippen molar-refractivity contribution in [3.8, 4) is 11.5 Å². The largest absolute Gasteiger partial charge is 0.493 e. The second kappa shape index (κ2) is 9.98. The Hall–Kier alpha value is -3.83. The molecule has 5 nitrogen and oxygen atoms in total. The van der Waals surface area contributed by atoms with Crippen LogP contribution in [0.2, 0.25) is 5.02 Å². The van der Waals surface area contributed by atoms with Crippen LogP contribution in [0.4, 0.5) is 0 Å². The Morgan fingerprint density at radius 1 is 0.969 bits per heavy atom. The van der Waals surface area contributed by atoms with Crippen molar-refractivity contribution in [2.75, 3.05) is 7.11 Å². The van der Waals surface area contributed by atoms with E-state index in [-0.39, 0.29) is 5.91 Å². The first-order valence-electron chi connectivity index (χ1n) is 10.0. The third kappa shape index (κ3) is 5.07. The molecule has 0 aliphatic heterocycles. The van der Waals surface area contributed by atoms with Gasteiger partial charge in [-0.1, -0.05) is 60.1 Å². The number of nitrogens with one attached hydrogen (secondary N) is 1. The molecule has 0 radical (unpaired) electrons. The lowest BCUT2D eigenvalue weighted by Gasteiger charge is -2.11. The van der Waals surface area contributed by atoms with Crippen LogP contribution in [-0.2, 0) is 6.61 Å². The molecule has 160 valence electrons. The smallest absolute Gasteiger partial charge is 0.271 e. The fourth-order valence-electron chi connectivity index (χ4n) is 3.27. The summed E-state index contributed by atoms with van der Waals surface area (Å²) in [5.74, 6) is 0.913. The van der Waals surface area contributed by atoms with Gasteiger partial charge in [-0.05, 0) is 58.3 Å². The Kier molecular flexibility index (Phi) is 6.68. The number of ether oxygens (including phenoxy) is 2. The van der Waals surface area contributed by atoms with Gasteiger partial charge in [-0.15, -0.1) is 0 Å². The summed E-state index contributed by atoms with van der Waals surface area (Å²) in [7, 11) is 1.58. The van der Waals surface area contributed by atoms with E-state index in [1.54, 1.807) is 25.5 Å². The average Bonchev–Trinajstić information content (AvgIpc) is 2.83. The summed E-state index contributed by atoms with van der Waals surface area (Å²) in [6, 6.07) is 26.3. The molecule has 0 saturated heterocycles. The van der Waals surface area contributed by atoms with E-state index in [9.17, 15) is 4.79 Å². The zero-order valence-corrected chi connectivity index (χ0v) is 18.2. The maximum Gasteiger partial charge on any atom is 0.271 e. The number of fused-ring (bicyclic) bond motifs is 1. The summed E-state index contributed by atoms with van der Waals surface area (Å²) in [4.78, 5) is 12.6. The topological polar surface area (TPSA) is 59.9 Å². The molecule has 6 heteroatoms. The lowest BCUT2D eigenvalue weighted by atomic mass is 10.0. The van der Waals surface area contributed by atoms with Crippen LogP contribution < -0.4 is 14.9 Å². The Morgan fingerprint density at radius 2 is 1.75 bits per heavy atom. The zero-order valence-electron chi connectivity index (χ0n) is 17.4. The molecule has 4 aromatic carbocycles. The Bertz CT molecular complexity index is 1260. The highest BCUT2D eigenvalue weighted by Crippen LogP contribution is 2.28. The van der Waals surface area contributed by atoms with Crippen molar-refractivity contribution in [2.45, 2.75) is 6.61 Å². The van der Waals surface area contributed by atoms with E-state index in [1.165, 1.54) is 0 Å². The molecule has 0 aromatic heterocycles. The molecule has 32 heavy (non-hydrogen) atoms. The number of halogens is 1. The van der Waals surface area contributed by atoms with Crippen molar-refractivity contribution < 1.29 is 14.3 Å². The molecule has 0 aliphatic rings. The number of carbonyl (C=O) groups is 1. The van der Waals surface area contributed by atoms with Crippen LogP contribution in [-0.4, -0.2) is 19.2 Å². The van der Waals surface area contributed by atoms with Crippen molar-refractivity contribution in [1.29, 1.82) is 0 Å². The fraction of sp³-hybridized carbons (Fsp3) is 0.0769. The van der Waals surface area contributed by atoms with E-state index in [2.05, 4.69) is 10.5 Å². The van der Waals surface area contributed by atoms with Gasteiger partial charge in [0.25, 0.3) is 5.91 Å². The van der Waals surface area contributed by atoms with Crippen molar-refractivity contribution >= 4 is 34.5 Å². The molecule has 0 atom stereocenters. The molecule has 0 unspecified atom stereocenters. The predicted octanol–water partition coefficient (Wildman–Crippen LogP) is 5.84. The van der Waals surface area contributed by atoms with E-state index < -0.39 is 0 Å². The number of hydrazone groups is 1. The number of methoxy groups -OCH3 is 1. The van der Waals surface area contributed by atoms with Crippen LogP contribution in [0, 0.1) is 0 Å². The van der Waals surface area contributed by atoms with E-state index in [0.29, 0.717) is 28.7 Å². The molecule has 0 aliphatic carbocycles. The quantitative estimate of drug-likeness (QED) is 0.287. The van der Waals surface area contributed by atoms with Gasteiger partial charge in [0.1, 0.15) is 6.61 Å². The van der Waals surface area contributed by atoms with Gasteiger partial charge in [0.15, 0.2) is 11.5 Å². The molecule has 4 rings (SSSR count). The second-order valence-corrected chi connectivity index (χ2v) is 7.49. The van der Waals surface area contributed by atoms with Gasteiger partial charge in [0, 0.05) is 10.6 Å². The first kappa shape index (κ1) is 21.4. The van der Waals surface area contributed by atoms with Crippen molar-refractivity contribution in [3.63, 3.8) is 0 Å². The lowest BCUT2D eigenvalue weighted by Crippen LogP contribution is -2.17. The van der Waals surface area contributed by atoms with Crippen LogP contribution in [0.3, 0.4) is 0 Å². The normalized spacial score (nSPS) is 10.9. The van der Waals surface area contributed by atoms with E-state index in [0.717, 1.165) is 21.9 Å². The van der Waals surface area contributed by atoms with Crippen LogP contribution in [0.5, 0.6) is 11.5 Å². The van der Waals surface area contributed by atoms with Crippen molar-refractivity contribution in [1.82, 2.24) is 5.43 Å². The molecule has 4 aromatic rings. The summed E-state index contributed by atoms with van der Waals surface area (Å²) in [6.45, 7) is 0.391.